The molecule has 0 saturated carbocycles. The van der Waals surface area contributed by atoms with Crippen molar-refractivity contribution in [1.82, 2.24) is 4.90 Å². The van der Waals surface area contributed by atoms with Gasteiger partial charge in [-0.2, -0.15) is 0 Å². The Labute approximate surface area is 123 Å². The first-order valence-electron chi connectivity index (χ1n) is 7.69. The van der Waals surface area contributed by atoms with E-state index in [2.05, 4.69) is 32.6 Å². The number of rotatable bonds is 8. The second-order valence-electron chi connectivity index (χ2n) is 5.29. The molecule has 0 spiro atoms. The second-order valence-corrected chi connectivity index (χ2v) is 5.29. The van der Waals surface area contributed by atoms with Crippen LogP contribution in [0.1, 0.15) is 52.7 Å². The van der Waals surface area contributed by atoms with Crippen molar-refractivity contribution in [2.75, 3.05) is 19.7 Å². The van der Waals surface area contributed by atoms with Gasteiger partial charge in [0.25, 0.3) is 0 Å². The average molecular weight is 279 g/mol. The van der Waals surface area contributed by atoms with Crippen LogP contribution in [-0.4, -0.2) is 35.2 Å². The maximum absolute atomic E-state index is 10.8. The summed E-state index contributed by atoms with van der Waals surface area (Å²) in [4.78, 5) is 2.33. The van der Waals surface area contributed by atoms with E-state index in [1.807, 2.05) is 31.2 Å². The van der Waals surface area contributed by atoms with Crippen molar-refractivity contribution in [3.63, 3.8) is 0 Å². The highest BCUT2D eigenvalue weighted by atomic mass is 16.5. The van der Waals surface area contributed by atoms with E-state index in [0.29, 0.717) is 6.61 Å². The van der Waals surface area contributed by atoms with Crippen LogP contribution in [0.15, 0.2) is 24.3 Å². The summed E-state index contributed by atoms with van der Waals surface area (Å²) in [7, 11) is 0. The van der Waals surface area contributed by atoms with Crippen LogP contribution in [0.25, 0.3) is 0 Å². The molecule has 0 heterocycles. The fourth-order valence-electron chi connectivity index (χ4n) is 2.81. The lowest BCUT2D eigenvalue weighted by Crippen LogP contribution is -2.50. The molecule has 1 rings (SSSR count). The molecule has 1 N–H and O–H groups in total. The van der Waals surface area contributed by atoms with E-state index in [9.17, 15) is 5.11 Å². The molecule has 0 fully saturated rings. The van der Waals surface area contributed by atoms with Gasteiger partial charge < -0.3 is 9.84 Å². The molecule has 3 heteroatoms. The Morgan fingerprint density at radius 1 is 1.10 bits per heavy atom. The molecule has 0 bridgehead atoms. The van der Waals surface area contributed by atoms with Gasteiger partial charge in [0.2, 0.25) is 0 Å². The Morgan fingerprint density at radius 2 is 1.65 bits per heavy atom. The van der Waals surface area contributed by atoms with Crippen LogP contribution in [-0.2, 0) is 0 Å². The maximum Gasteiger partial charge on any atom is 0.119 e. The summed E-state index contributed by atoms with van der Waals surface area (Å²) in [6, 6.07) is 7.79. The standard InChI is InChI=1S/C17H29NO2/c1-6-17(5,18(7-2)8-3)16(19)14-10-12-15(13-11-14)20-9-4/h10-13,16,19H,6-9H2,1-5H3. The predicted octanol–water partition coefficient (Wildman–Crippen LogP) is 3.63. The van der Waals surface area contributed by atoms with Crippen molar-refractivity contribution < 1.29 is 9.84 Å². The van der Waals surface area contributed by atoms with Crippen molar-refractivity contribution in [3.05, 3.63) is 29.8 Å². The zero-order chi connectivity index (χ0) is 15.2. The van der Waals surface area contributed by atoms with Crippen LogP contribution in [0.4, 0.5) is 0 Å². The van der Waals surface area contributed by atoms with Gasteiger partial charge in [-0.25, -0.2) is 0 Å². The summed E-state index contributed by atoms with van der Waals surface area (Å²) in [5, 5.41) is 10.8. The van der Waals surface area contributed by atoms with Crippen LogP contribution in [0.2, 0.25) is 0 Å². The number of hydrogen-bond acceptors (Lipinski definition) is 3. The molecular formula is C17H29NO2. The summed E-state index contributed by atoms with van der Waals surface area (Å²) < 4.78 is 5.45. The fourth-order valence-corrected chi connectivity index (χ4v) is 2.81. The van der Waals surface area contributed by atoms with Crippen molar-refractivity contribution in [3.8, 4) is 5.75 Å². The van der Waals surface area contributed by atoms with Gasteiger partial charge in [-0.3, -0.25) is 4.90 Å². The van der Waals surface area contributed by atoms with E-state index in [0.717, 1.165) is 30.8 Å². The van der Waals surface area contributed by atoms with E-state index in [1.165, 1.54) is 0 Å². The lowest BCUT2D eigenvalue weighted by atomic mass is 9.85. The molecule has 1 aromatic rings. The lowest BCUT2D eigenvalue weighted by molar-refractivity contribution is -0.0213. The highest BCUT2D eigenvalue weighted by Crippen LogP contribution is 2.34. The van der Waals surface area contributed by atoms with Crippen molar-refractivity contribution in [2.45, 2.75) is 52.7 Å². The topological polar surface area (TPSA) is 32.7 Å². The van der Waals surface area contributed by atoms with Gasteiger partial charge in [-0.15, -0.1) is 0 Å². The highest BCUT2D eigenvalue weighted by molar-refractivity contribution is 5.30. The number of aliphatic hydroxyl groups excluding tert-OH is 1. The van der Waals surface area contributed by atoms with Gasteiger partial charge in [-0.1, -0.05) is 32.9 Å². The molecule has 0 saturated heterocycles. The average Bonchev–Trinajstić information content (AvgIpc) is 2.48. The van der Waals surface area contributed by atoms with Crippen LogP contribution in [0, 0.1) is 0 Å². The monoisotopic (exact) mass is 279 g/mol. The largest absolute Gasteiger partial charge is 0.494 e. The zero-order valence-electron chi connectivity index (χ0n) is 13.5. The molecule has 1 aromatic carbocycles. The predicted molar refractivity (Wildman–Crippen MR) is 84.2 cm³/mol. The number of nitrogens with zero attached hydrogens (tertiary/aromatic N) is 1. The first-order chi connectivity index (χ1) is 9.53. The summed E-state index contributed by atoms with van der Waals surface area (Å²) >= 11 is 0. The zero-order valence-corrected chi connectivity index (χ0v) is 13.5. The number of likely N-dealkylation sites (N-methyl/N-ethyl adjacent to an activating group) is 1. The minimum Gasteiger partial charge on any atom is -0.494 e. The number of ether oxygens (including phenoxy) is 1. The Morgan fingerprint density at radius 3 is 2.05 bits per heavy atom. The second kappa shape index (κ2) is 7.65. The molecular weight excluding hydrogens is 250 g/mol. The van der Waals surface area contributed by atoms with Crippen molar-refractivity contribution >= 4 is 0 Å². The molecule has 2 unspecified atom stereocenters. The van der Waals surface area contributed by atoms with E-state index >= 15 is 0 Å². The van der Waals surface area contributed by atoms with E-state index in [-0.39, 0.29) is 5.54 Å². The molecule has 2 atom stereocenters. The molecule has 0 aliphatic rings. The van der Waals surface area contributed by atoms with Crippen LogP contribution < -0.4 is 4.74 Å². The first-order valence-corrected chi connectivity index (χ1v) is 7.69. The quantitative estimate of drug-likeness (QED) is 0.788. The smallest absolute Gasteiger partial charge is 0.119 e. The molecule has 0 aliphatic carbocycles. The highest BCUT2D eigenvalue weighted by Gasteiger charge is 2.36. The summed E-state index contributed by atoms with van der Waals surface area (Å²) in [5.41, 5.74) is 0.709. The van der Waals surface area contributed by atoms with Crippen LogP contribution in [0.5, 0.6) is 5.75 Å². The van der Waals surface area contributed by atoms with E-state index < -0.39 is 6.10 Å². The Balaban J connectivity index is 2.97. The maximum atomic E-state index is 10.8. The molecule has 0 aromatic heterocycles. The van der Waals surface area contributed by atoms with Crippen LogP contribution >= 0.6 is 0 Å². The fraction of sp³-hybridized carbons (Fsp3) is 0.647. The first kappa shape index (κ1) is 17.0. The Kier molecular flexibility index (Phi) is 6.50. The number of aliphatic hydroxyl groups is 1. The summed E-state index contributed by atoms with van der Waals surface area (Å²) in [5.74, 6) is 0.851. The van der Waals surface area contributed by atoms with Gasteiger partial charge in [0.15, 0.2) is 0 Å². The van der Waals surface area contributed by atoms with E-state index in [1.54, 1.807) is 0 Å². The minimum absolute atomic E-state index is 0.239. The van der Waals surface area contributed by atoms with Crippen molar-refractivity contribution in [1.29, 1.82) is 0 Å². The number of hydrogen-bond donors (Lipinski definition) is 1. The SMILES string of the molecule is CCOc1ccc(C(O)C(C)(CC)N(CC)CC)cc1. The Bertz CT molecular complexity index is 386. The lowest BCUT2D eigenvalue weighted by Gasteiger charge is -2.43. The molecule has 0 aliphatic heterocycles. The summed E-state index contributed by atoms with van der Waals surface area (Å²) in [6.07, 6.45) is 0.409. The van der Waals surface area contributed by atoms with Gasteiger partial charge in [0.05, 0.1) is 12.7 Å². The molecule has 114 valence electrons. The van der Waals surface area contributed by atoms with Crippen molar-refractivity contribution in [2.24, 2.45) is 0 Å². The third kappa shape index (κ3) is 3.53. The molecule has 0 amide bonds. The van der Waals surface area contributed by atoms with Gasteiger partial charge in [0.1, 0.15) is 5.75 Å². The minimum atomic E-state index is -0.497. The van der Waals surface area contributed by atoms with Gasteiger partial charge in [-0.05, 0) is 51.1 Å². The third-order valence-electron chi connectivity index (χ3n) is 4.30. The number of benzene rings is 1. The van der Waals surface area contributed by atoms with E-state index in [4.69, 9.17) is 4.74 Å². The molecule has 0 radical (unpaired) electrons. The molecule has 20 heavy (non-hydrogen) atoms. The normalized spacial score (nSPS) is 15.9. The molecule has 3 nitrogen and oxygen atoms in total. The summed E-state index contributed by atoms with van der Waals surface area (Å²) in [6.45, 7) is 13.1. The van der Waals surface area contributed by atoms with Gasteiger partial charge in [0, 0.05) is 5.54 Å². The third-order valence-corrected chi connectivity index (χ3v) is 4.30. The Hall–Kier alpha value is -1.06. The van der Waals surface area contributed by atoms with Gasteiger partial charge >= 0.3 is 0 Å². The van der Waals surface area contributed by atoms with Crippen LogP contribution in [0.3, 0.4) is 0 Å².